The van der Waals surface area contributed by atoms with E-state index in [0.29, 0.717) is 6.54 Å². The number of para-hydroxylation sites is 1. The summed E-state index contributed by atoms with van der Waals surface area (Å²) in [5.41, 5.74) is 1.13. The molecule has 0 amide bonds. The molecule has 4 nitrogen and oxygen atoms in total. The van der Waals surface area contributed by atoms with E-state index in [1.807, 2.05) is 18.2 Å². The number of nitrogens with zero attached hydrogens (tertiary/aromatic N) is 2. The van der Waals surface area contributed by atoms with Crippen LogP contribution < -0.4 is 10.1 Å². The Bertz CT molecular complexity index is 1100. The molecule has 1 atom stereocenters. The van der Waals surface area contributed by atoms with Crippen LogP contribution in [-0.4, -0.2) is 42.7 Å². The number of piperidine rings is 1. The van der Waals surface area contributed by atoms with Crippen LogP contribution in [0.5, 0.6) is 5.75 Å². The number of hydrogen-bond acceptors (Lipinski definition) is 4. The maximum atomic E-state index is 13.5. The third-order valence-corrected chi connectivity index (χ3v) is 6.84. The van der Waals surface area contributed by atoms with Gasteiger partial charge in [-0.25, -0.2) is 4.39 Å². The fraction of sp³-hybridized carbons (Fsp3) is 0.393. The summed E-state index contributed by atoms with van der Waals surface area (Å²) in [6.07, 6.45) is -0.796. The Balaban J connectivity index is 1.30. The van der Waals surface area contributed by atoms with E-state index in [2.05, 4.69) is 22.1 Å². The van der Waals surface area contributed by atoms with Crippen LogP contribution >= 0.6 is 0 Å². The molecule has 1 aliphatic rings. The van der Waals surface area contributed by atoms with E-state index in [9.17, 15) is 17.6 Å². The van der Waals surface area contributed by atoms with Crippen molar-refractivity contribution in [2.45, 2.75) is 32.0 Å². The van der Waals surface area contributed by atoms with E-state index in [0.717, 1.165) is 49.8 Å². The van der Waals surface area contributed by atoms with Crippen LogP contribution in [-0.2, 0) is 6.18 Å². The van der Waals surface area contributed by atoms with Crippen LogP contribution in [0.1, 0.15) is 42.6 Å². The lowest BCUT2D eigenvalue weighted by Gasteiger charge is -2.40. The van der Waals surface area contributed by atoms with Crippen molar-refractivity contribution in [3.05, 3.63) is 95.6 Å². The molecule has 1 fully saturated rings. The van der Waals surface area contributed by atoms with Gasteiger partial charge in [-0.3, -0.25) is 9.88 Å². The maximum absolute atomic E-state index is 13.5. The lowest BCUT2D eigenvalue weighted by Crippen LogP contribution is -2.45. The molecule has 0 radical (unpaired) electrons. The second-order valence-corrected chi connectivity index (χ2v) is 9.61. The van der Waals surface area contributed by atoms with E-state index in [1.54, 1.807) is 24.4 Å². The standard InChI is InChI=1S/C28H31F4N3O/c1-27(20-34-26(24-7-4-5-15-33-24)21-9-11-22(29)12-10-21)13-16-35(17-14-27)18-19-36-25-8-3-2-6-23(25)28(30,31)32/h2-12,15,26,34H,13-14,16-20H2,1H3/t26-/m1/s1. The molecule has 1 aromatic heterocycles. The Morgan fingerprint density at radius 3 is 2.36 bits per heavy atom. The topological polar surface area (TPSA) is 37.4 Å². The van der Waals surface area contributed by atoms with Gasteiger partial charge >= 0.3 is 6.18 Å². The van der Waals surface area contributed by atoms with Crippen molar-refractivity contribution in [1.82, 2.24) is 15.2 Å². The maximum Gasteiger partial charge on any atom is 0.419 e. The fourth-order valence-electron chi connectivity index (χ4n) is 4.55. The average molecular weight is 502 g/mol. The number of likely N-dealkylation sites (tertiary alicyclic amines) is 1. The number of ether oxygens (including phenoxy) is 1. The smallest absolute Gasteiger partial charge is 0.419 e. The monoisotopic (exact) mass is 501 g/mol. The van der Waals surface area contributed by atoms with Gasteiger partial charge in [0.25, 0.3) is 0 Å². The molecule has 0 aliphatic carbocycles. The highest BCUT2D eigenvalue weighted by atomic mass is 19.4. The van der Waals surface area contributed by atoms with Crippen LogP contribution in [0.3, 0.4) is 0 Å². The number of hydrogen-bond donors (Lipinski definition) is 1. The number of rotatable bonds is 9. The second-order valence-electron chi connectivity index (χ2n) is 9.61. The minimum Gasteiger partial charge on any atom is -0.492 e. The predicted molar refractivity (Wildman–Crippen MR) is 131 cm³/mol. The molecule has 8 heteroatoms. The first-order valence-electron chi connectivity index (χ1n) is 12.1. The van der Waals surface area contributed by atoms with Crippen molar-refractivity contribution in [1.29, 1.82) is 0 Å². The summed E-state index contributed by atoms with van der Waals surface area (Å²) in [4.78, 5) is 6.74. The summed E-state index contributed by atoms with van der Waals surface area (Å²) in [5.74, 6) is -0.402. The van der Waals surface area contributed by atoms with E-state index in [-0.39, 0.29) is 29.6 Å². The SMILES string of the molecule is CC1(CN[C@H](c2ccc(F)cc2)c2ccccn2)CCN(CCOc2ccccc2C(F)(F)F)CC1. The largest absolute Gasteiger partial charge is 0.492 e. The van der Waals surface area contributed by atoms with Crippen LogP contribution in [0, 0.1) is 11.2 Å². The van der Waals surface area contributed by atoms with Gasteiger partial charge in [0.05, 0.1) is 17.3 Å². The molecule has 0 saturated carbocycles. The molecule has 1 saturated heterocycles. The van der Waals surface area contributed by atoms with Gasteiger partial charge in [0.2, 0.25) is 0 Å². The first-order valence-corrected chi connectivity index (χ1v) is 12.1. The van der Waals surface area contributed by atoms with Gasteiger partial charge in [-0.05, 0) is 73.3 Å². The number of halogens is 4. The summed E-state index contributed by atoms with van der Waals surface area (Å²) in [6, 6.07) is 17.4. The highest BCUT2D eigenvalue weighted by Crippen LogP contribution is 2.36. The Hall–Kier alpha value is -2.97. The minimum atomic E-state index is -4.43. The Morgan fingerprint density at radius 2 is 1.69 bits per heavy atom. The molecule has 1 N–H and O–H groups in total. The number of benzene rings is 2. The zero-order chi connectivity index (χ0) is 25.6. The first-order chi connectivity index (χ1) is 17.2. The van der Waals surface area contributed by atoms with Gasteiger partial charge in [0.15, 0.2) is 0 Å². The Morgan fingerprint density at radius 1 is 1.00 bits per heavy atom. The fourth-order valence-corrected chi connectivity index (χ4v) is 4.55. The summed E-state index contributed by atoms with van der Waals surface area (Å²) >= 11 is 0. The van der Waals surface area contributed by atoms with Crippen molar-refractivity contribution in [2.75, 3.05) is 32.8 Å². The van der Waals surface area contributed by atoms with Crippen molar-refractivity contribution in [3.63, 3.8) is 0 Å². The zero-order valence-electron chi connectivity index (χ0n) is 20.3. The second kappa shape index (κ2) is 11.4. The van der Waals surface area contributed by atoms with E-state index in [4.69, 9.17) is 4.74 Å². The quantitative estimate of drug-likeness (QED) is 0.360. The third-order valence-electron chi connectivity index (χ3n) is 6.84. The normalized spacial score (nSPS) is 17.0. The van der Waals surface area contributed by atoms with Gasteiger partial charge < -0.3 is 10.1 Å². The Labute approximate surface area is 209 Å². The summed E-state index contributed by atoms with van der Waals surface area (Å²) < 4.78 is 58.5. The summed E-state index contributed by atoms with van der Waals surface area (Å²) in [6.45, 7) is 5.46. The van der Waals surface area contributed by atoms with Crippen molar-refractivity contribution in [2.24, 2.45) is 5.41 Å². The van der Waals surface area contributed by atoms with Gasteiger partial charge in [0.1, 0.15) is 18.2 Å². The molecule has 36 heavy (non-hydrogen) atoms. The molecule has 0 unspecified atom stereocenters. The van der Waals surface area contributed by atoms with E-state index < -0.39 is 11.7 Å². The lowest BCUT2D eigenvalue weighted by molar-refractivity contribution is -0.139. The van der Waals surface area contributed by atoms with Crippen molar-refractivity contribution >= 4 is 0 Å². The van der Waals surface area contributed by atoms with Crippen LogP contribution in [0.15, 0.2) is 72.9 Å². The number of nitrogens with one attached hydrogen (secondary N) is 1. The summed E-state index contributed by atoms with van der Waals surface area (Å²) in [5, 5.41) is 3.65. The highest BCUT2D eigenvalue weighted by Gasteiger charge is 2.34. The van der Waals surface area contributed by atoms with Crippen LogP contribution in [0.2, 0.25) is 0 Å². The van der Waals surface area contributed by atoms with Crippen LogP contribution in [0.25, 0.3) is 0 Å². The number of aromatic nitrogens is 1. The first kappa shape index (κ1) is 26.1. The molecule has 4 rings (SSSR count). The molecule has 2 heterocycles. The van der Waals surface area contributed by atoms with Gasteiger partial charge in [-0.1, -0.05) is 37.3 Å². The van der Waals surface area contributed by atoms with Crippen molar-refractivity contribution < 1.29 is 22.3 Å². The molecule has 3 aromatic rings. The molecule has 0 spiro atoms. The lowest BCUT2D eigenvalue weighted by atomic mass is 9.80. The van der Waals surface area contributed by atoms with Gasteiger partial charge in [-0.2, -0.15) is 13.2 Å². The van der Waals surface area contributed by atoms with Crippen LogP contribution in [0.4, 0.5) is 17.6 Å². The minimum absolute atomic E-state index is 0.0489. The van der Waals surface area contributed by atoms with Gasteiger partial charge in [-0.15, -0.1) is 0 Å². The van der Waals surface area contributed by atoms with E-state index >= 15 is 0 Å². The van der Waals surface area contributed by atoms with Crippen molar-refractivity contribution in [3.8, 4) is 5.75 Å². The highest BCUT2D eigenvalue weighted by molar-refractivity contribution is 5.35. The number of alkyl halides is 3. The molecular weight excluding hydrogens is 470 g/mol. The number of pyridine rings is 1. The summed E-state index contributed by atoms with van der Waals surface area (Å²) in [7, 11) is 0. The molecule has 1 aliphatic heterocycles. The predicted octanol–water partition coefficient (Wildman–Crippen LogP) is 6.10. The average Bonchev–Trinajstić information content (AvgIpc) is 2.87. The third kappa shape index (κ3) is 6.83. The Kier molecular flexibility index (Phi) is 8.26. The van der Waals surface area contributed by atoms with E-state index in [1.165, 1.54) is 24.3 Å². The molecule has 2 aromatic carbocycles. The zero-order valence-corrected chi connectivity index (χ0v) is 20.3. The molecular formula is C28H31F4N3O. The molecule has 192 valence electrons. The molecule has 0 bridgehead atoms. The van der Waals surface area contributed by atoms with Gasteiger partial charge in [0, 0.05) is 19.3 Å².